The third-order valence-electron chi connectivity index (χ3n) is 2.93. The summed E-state index contributed by atoms with van der Waals surface area (Å²) < 4.78 is 0. The predicted octanol–water partition coefficient (Wildman–Crippen LogP) is 3.96. The number of nitrogens with one attached hydrogen (secondary N) is 1. The van der Waals surface area contributed by atoms with Gasteiger partial charge < -0.3 is 11.1 Å². The molecule has 0 bridgehead atoms. The largest absolute Gasteiger partial charge is 0.398 e. The van der Waals surface area contributed by atoms with Gasteiger partial charge in [0.15, 0.2) is 0 Å². The molecule has 0 aliphatic carbocycles. The Balaban J connectivity index is 2.43. The topological polar surface area (TPSA) is 38.0 Å². The Morgan fingerprint density at radius 3 is 2.69 bits per heavy atom. The van der Waals surface area contributed by atoms with E-state index in [9.17, 15) is 0 Å². The predicted molar refractivity (Wildman–Crippen MR) is 72.8 cm³/mol. The van der Waals surface area contributed by atoms with Gasteiger partial charge in [-0.2, -0.15) is 0 Å². The average molecular weight is 220 g/mol. The number of benzene rings is 1. The van der Waals surface area contributed by atoms with Crippen molar-refractivity contribution in [2.24, 2.45) is 0 Å². The van der Waals surface area contributed by atoms with Gasteiger partial charge in [0.25, 0.3) is 0 Å². The number of anilines is 2. The molecule has 1 aromatic rings. The number of rotatable bonds is 6. The fourth-order valence-corrected chi connectivity index (χ4v) is 1.79. The van der Waals surface area contributed by atoms with Crippen molar-refractivity contribution in [2.45, 2.75) is 52.5 Å². The molecule has 1 rings (SSSR count). The highest BCUT2D eigenvalue weighted by Gasteiger charge is 2.02. The van der Waals surface area contributed by atoms with Crippen molar-refractivity contribution in [3.63, 3.8) is 0 Å². The number of hydrogen-bond acceptors (Lipinski definition) is 2. The summed E-state index contributed by atoms with van der Waals surface area (Å²) in [6.45, 7) is 6.49. The minimum Gasteiger partial charge on any atom is -0.398 e. The van der Waals surface area contributed by atoms with Crippen LogP contribution in [0.15, 0.2) is 18.2 Å². The van der Waals surface area contributed by atoms with Crippen LogP contribution in [0.2, 0.25) is 0 Å². The molecule has 0 fully saturated rings. The van der Waals surface area contributed by atoms with E-state index in [2.05, 4.69) is 31.3 Å². The lowest BCUT2D eigenvalue weighted by Gasteiger charge is -2.15. The molecule has 1 atom stereocenters. The summed E-state index contributed by atoms with van der Waals surface area (Å²) in [6, 6.07) is 6.71. The van der Waals surface area contributed by atoms with Crippen LogP contribution in [0, 0.1) is 6.92 Å². The SMILES string of the molecule is CCCCCC(C)Nc1ccc(C)c(N)c1. The first-order valence-corrected chi connectivity index (χ1v) is 6.26. The standard InChI is InChI=1S/C14H24N2/c1-4-5-6-7-12(3)16-13-9-8-11(2)14(15)10-13/h8-10,12,16H,4-7,15H2,1-3H3. The lowest BCUT2D eigenvalue weighted by Crippen LogP contribution is -2.15. The van der Waals surface area contributed by atoms with Gasteiger partial charge in [-0.3, -0.25) is 0 Å². The quantitative estimate of drug-likeness (QED) is 0.562. The molecule has 16 heavy (non-hydrogen) atoms. The van der Waals surface area contributed by atoms with Gasteiger partial charge in [0.2, 0.25) is 0 Å². The van der Waals surface area contributed by atoms with E-state index < -0.39 is 0 Å². The van der Waals surface area contributed by atoms with Gasteiger partial charge in [0, 0.05) is 17.4 Å². The molecule has 0 radical (unpaired) electrons. The molecule has 0 aliphatic heterocycles. The second-order valence-electron chi connectivity index (χ2n) is 4.61. The lowest BCUT2D eigenvalue weighted by molar-refractivity contribution is 0.615. The Bertz CT molecular complexity index is 321. The molecule has 3 N–H and O–H groups in total. The van der Waals surface area contributed by atoms with Gasteiger partial charge in [-0.1, -0.05) is 32.3 Å². The van der Waals surface area contributed by atoms with Gasteiger partial charge in [0.05, 0.1) is 0 Å². The zero-order valence-electron chi connectivity index (χ0n) is 10.7. The van der Waals surface area contributed by atoms with Crippen LogP contribution >= 0.6 is 0 Å². The van der Waals surface area contributed by atoms with Crippen LogP contribution < -0.4 is 11.1 Å². The van der Waals surface area contributed by atoms with Crippen LogP contribution in [-0.2, 0) is 0 Å². The fourth-order valence-electron chi connectivity index (χ4n) is 1.79. The molecule has 2 heteroatoms. The van der Waals surface area contributed by atoms with Gasteiger partial charge >= 0.3 is 0 Å². The molecule has 0 saturated heterocycles. The van der Waals surface area contributed by atoms with E-state index in [1.54, 1.807) is 0 Å². The van der Waals surface area contributed by atoms with Gasteiger partial charge in [-0.15, -0.1) is 0 Å². The van der Waals surface area contributed by atoms with Gasteiger partial charge in [-0.05, 0) is 38.0 Å². The monoisotopic (exact) mass is 220 g/mol. The summed E-state index contributed by atoms with van der Waals surface area (Å²) in [5.41, 5.74) is 9.02. The smallest absolute Gasteiger partial charge is 0.0364 e. The Labute approximate surface area is 99.2 Å². The minimum atomic E-state index is 0.522. The van der Waals surface area contributed by atoms with E-state index in [4.69, 9.17) is 5.73 Å². The van der Waals surface area contributed by atoms with Crippen LogP contribution in [0.1, 0.15) is 45.1 Å². The van der Waals surface area contributed by atoms with Crippen molar-refractivity contribution in [3.8, 4) is 0 Å². The summed E-state index contributed by atoms with van der Waals surface area (Å²) in [7, 11) is 0. The molecular weight excluding hydrogens is 196 g/mol. The van der Waals surface area contributed by atoms with Crippen molar-refractivity contribution in [2.75, 3.05) is 11.1 Å². The van der Waals surface area contributed by atoms with Crippen molar-refractivity contribution >= 4 is 11.4 Å². The normalized spacial score (nSPS) is 12.4. The maximum Gasteiger partial charge on any atom is 0.0364 e. The Kier molecular flexibility index (Phi) is 5.17. The van der Waals surface area contributed by atoms with Gasteiger partial charge in [0.1, 0.15) is 0 Å². The van der Waals surface area contributed by atoms with Crippen molar-refractivity contribution in [3.05, 3.63) is 23.8 Å². The first-order valence-electron chi connectivity index (χ1n) is 6.26. The number of nitrogens with two attached hydrogens (primary N) is 1. The van der Waals surface area contributed by atoms with E-state index >= 15 is 0 Å². The zero-order valence-corrected chi connectivity index (χ0v) is 10.7. The second-order valence-corrected chi connectivity index (χ2v) is 4.61. The van der Waals surface area contributed by atoms with Crippen molar-refractivity contribution in [1.29, 1.82) is 0 Å². The Hall–Kier alpha value is -1.18. The average Bonchev–Trinajstić information content (AvgIpc) is 2.24. The lowest BCUT2D eigenvalue weighted by atomic mass is 10.1. The zero-order chi connectivity index (χ0) is 12.0. The molecule has 0 aliphatic rings. The minimum absolute atomic E-state index is 0.522. The summed E-state index contributed by atoms with van der Waals surface area (Å²) in [5.74, 6) is 0. The molecular formula is C14H24N2. The number of hydrogen-bond donors (Lipinski definition) is 2. The first-order chi connectivity index (χ1) is 7.63. The molecule has 0 spiro atoms. The van der Waals surface area contributed by atoms with Crippen LogP contribution in [0.25, 0.3) is 0 Å². The Morgan fingerprint density at radius 1 is 1.31 bits per heavy atom. The second kappa shape index (κ2) is 6.41. The third-order valence-corrected chi connectivity index (χ3v) is 2.93. The molecule has 0 heterocycles. The highest BCUT2D eigenvalue weighted by molar-refractivity contribution is 5.58. The summed E-state index contributed by atoms with van der Waals surface area (Å²) in [4.78, 5) is 0. The van der Waals surface area contributed by atoms with E-state index in [1.807, 2.05) is 13.0 Å². The van der Waals surface area contributed by atoms with Crippen LogP contribution in [0.5, 0.6) is 0 Å². The van der Waals surface area contributed by atoms with Crippen molar-refractivity contribution in [1.82, 2.24) is 0 Å². The highest BCUT2D eigenvalue weighted by atomic mass is 14.9. The molecule has 0 amide bonds. The molecule has 1 unspecified atom stereocenters. The van der Waals surface area contributed by atoms with E-state index in [0.717, 1.165) is 16.9 Å². The van der Waals surface area contributed by atoms with Crippen LogP contribution in [0.3, 0.4) is 0 Å². The van der Waals surface area contributed by atoms with Crippen LogP contribution in [-0.4, -0.2) is 6.04 Å². The summed E-state index contributed by atoms with van der Waals surface area (Å²) >= 11 is 0. The first kappa shape index (κ1) is 12.9. The maximum absolute atomic E-state index is 5.88. The van der Waals surface area contributed by atoms with E-state index in [1.165, 1.54) is 25.7 Å². The van der Waals surface area contributed by atoms with Gasteiger partial charge in [-0.25, -0.2) is 0 Å². The summed E-state index contributed by atoms with van der Waals surface area (Å²) in [6.07, 6.45) is 5.12. The van der Waals surface area contributed by atoms with E-state index in [0.29, 0.717) is 6.04 Å². The molecule has 2 nitrogen and oxygen atoms in total. The number of aryl methyl sites for hydroxylation is 1. The van der Waals surface area contributed by atoms with Crippen LogP contribution in [0.4, 0.5) is 11.4 Å². The highest BCUT2D eigenvalue weighted by Crippen LogP contribution is 2.18. The number of unbranched alkanes of at least 4 members (excludes halogenated alkanes) is 2. The maximum atomic E-state index is 5.88. The molecule has 0 saturated carbocycles. The third kappa shape index (κ3) is 4.13. The van der Waals surface area contributed by atoms with E-state index in [-0.39, 0.29) is 0 Å². The molecule has 0 aromatic heterocycles. The van der Waals surface area contributed by atoms with Crippen molar-refractivity contribution < 1.29 is 0 Å². The Morgan fingerprint density at radius 2 is 2.06 bits per heavy atom. The molecule has 90 valence electrons. The summed E-state index contributed by atoms with van der Waals surface area (Å²) in [5, 5.41) is 3.49. The fraction of sp³-hybridized carbons (Fsp3) is 0.571. The molecule has 1 aromatic carbocycles. The number of nitrogen functional groups attached to an aromatic ring is 1.